The molecule has 4 aromatic rings. The number of halogens is 1. The molecule has 0 aliphatic heterocycles. The summed E-state index contributed by atoms with van der Waals surface area (Å²) >= 11 is 3.51. The van der Waals surface area contributed by atoms with Crippen molar-refractivity contribution in [2.24, 2.45) is 0 Å². The van der Waals surface area contributed by atoms with E-state index in [9.17, 15) is 14.7 Å². The van der Waals surface area contributed by atoms with Crippen molar-refractivity contribution in [1.29, 1.82) is 0 Å². The van der Waals surface area contributed by atoms with Crippen LogP contribution in [-0.4, -0.2) is 23.0 Å². The number of hydrogen-bond donors (Lipinski definition) is 2. The van der Waals surface area contributed by atoms with Crippen LogP contribution in [0.25, 0.3) is 10.8 Å². The van der Waals surface area contributed by atoms with E-state index in [1.807, 2.05) is 60.7 Å². The van der Waals surface area contributed by atoms with Crippen LogP contribution >= 0.6 is 15.9 Å². The fourth-order valence-corrected chi connectivity index (χ4v) is 5.57. The lowest BCUT2D eigenvalue weighted by atomic mass is 9.94. The van der Waals surface area contributed by atoms with Gasteiger partial charge in [-0.25, -0.2) is 0 Å². The van der Waals surface area contributed by atoms with Crippen LogP contribution in [0.4, 0.5) is 5.69 Å². The van der Waals surface area contributed by atoms with Crippen molar-refractivity contribution in [3.8, 4) is 5.75 Å². The van der Waals surface area contributed by atoms with Crippen LogP contribution < -0.4 is 10.2 Å². The van der Waals surface area contributed by atoms with E-state index >= 15 is 0 Å². The number of rotatable bonds is 6. The number of anilines is 1. The fraction of sp³-hybridized carbons (Fsp3) is 0.226. The van der Waals surface area contributed by atoms with Gasteiger partial charge in [-0.15, -0.1) is 0 Å². The van der Waals surface area contributed by atoms with Gasteiger partial charge < -0.3 is 10.4 Å². The summed E-state index contributed by atoms with van der Waals surface area (Å²) in [5, 5.41) is 16.1. The fourth-order valence-electron chi connectivity index (χ4n) is 5.12. The van der Waals surface area contributed by atoms with Crippen LogP contribution in [0, 0.1) is 0 Å². The maximum Gasteiger partial charge on any atom is 0.260 e. The van der Waals surface area contributed by atoms with E-state index < -0.39 is 6.04 Å². The molecule has 0 spiro atoms. The molecule has 0 heterocycles. The van der Waals surface area contributed by atoms with Gasteiger partial charge in [0.2, 0.25) is 5.91 Å². The molecule has 0 radical (unpaired) electrons. The molecule has 2 N–H and O–H groups in total. The van der Waals surface area contributed by atoms with E-state index in [0.717, 1.165) is 36.5 Å². The van der Waals surface area contributed by atoms with E-state index in [-0.39, 0.29) is 29.3 Å². The standard InChI is InChI=1S/C31H29BrN2O3/c32-26-18-10-9-17-25(26)31(37)34(27-19-22-13-7-8-14-23(22)20-28(27)35)29(21-11-3-1-4-12-21)30(36)33-24-15-5-2-6-16-24/h1,3-4,7-14,17-20,24,29,35H,2,5-6,15-16H2,(H,33,36). The van der Waals surface area contributed by atoms with E-state index in [0.29, 0.717) is 15.6 Å². The van der Waals surface area contributed by atoms with Crippen molar-refractivity contribution >= 4 is 44.2 Å². The largest absolute Gasteiger partial charge is 0.506 e. The Bertz CT molecular complexity index is 1420. The number of aromatic hydroxyl groups is 1. The Morgan fingerprint density at radius 3 is 2.16 bits per heavy atom. The van der Waals surface area contributed by atoms with E-state index in [1.165, 1.54) is 11.3 Å². The molecule has 0 bridgehead atoms. The first-order chi connectivity index (χ1) is 18.0. The molecular weight excluding hydrogens is 528 g/mol. The monoisotopic (exact) mass is 556 g/mol. The molecule has 1 unspecified atom stereocenters. The first-order valence-corrected chi connectivity index (χ1v) is 13.5. The minimum Gasteiger partial charge on any atom is -0.506 e. The zero-order valence-electron chi connectivity index (χ0n) is 20.4. The van der Waals surface area contributed by atoms with Gasteiger partial charge in [0.05, 0.1) is 11.3 Å². The maximum atomic E-state index is 14.3. The Morgan fingerprint density at radius 1 is 0.838 bits per heavy atom. The summed E-state index contributed by atoms with van der Waals surface area (Å²) in [7, 11) is 0. The van der Waals surface area contributed by atoms with Gasteiger partial charge in [0.15, 0.2) is 0 Å². The van der Waals surface area contributed by atoms with Crippen molar-refractivity contribution < 1.29 is 14.7 Å². The van der Waals surface area contributed by atoms with Gasteiger partial charge in [-0.1, -0.05) is 86.0 Å². The molecule has 1 aliphatic rings. The summed E-state index contributed by atoms with van der Waals surface area (Å²) in [5.74, 6) is -0.706. The molecule has 0 aromatic heterocycles. The number of phenols is 1. The summed E-state index contributed by atoms with van der Waals surface area (Å²) in [6, 6.07) is 26.6. The zero-order chi connectivity index (χ0) is 25.8. The molecule has 1 saturated carbocycles. The highest BCUT2D eigenvalue weighted by Crippen LogP contribution is 2.39. The van der Waals surface area contributed by atoms with Crippen LogP contribution in [0.2, 0.25) is 0 Å². The van der Waals surface area contributed by atoms with Crippen molar-refractivity contribution in [1.82, 2.24) is 5.32 Å². The second-order valence-electron chi connectivity index (χ2n) is 9.50. The summed E-state index contributed by atoms with van der Waals surface area (Å²) in [6.07, 6.45) is 5.17. The molecule has 1 fully saturated rings. The van der Waals surface area contributed by atoms with Gasteiger partial charge in [-0.05, 0) is 69.4 Å². The van der Waals surface area contributed by atoms with Crippen LogP contribution in [0.5, 0.6) is 5.75 Å². The summed E-state index contributed by atoms with van der Waals surface area (Å²) < 4.78 is 0.616. The number of fused-ring (bicyclic) bond motifs is 1. The van der Waals surface area contributed by atoms with Gasteiger partial charge in [0.25, 0.3) is 5.91 Å². The molecule has 37 heavy (non-hydrogen) atoms. The lowest BCUT2D eigenvalue weighted by molar-refractivity contribution is -0.123. The Balaban J connectivity index is 1.68. The minimum absolute atomic E-state index is 0.0644. The van der Waals surface area contributed by atoms with Gasteiger partial charge in [0.1, 0.15) is 11.8 Å². The average molecular weight is 557 g/mol. The highest BCUT2D eigenvalue weighted by Gasteiger charge is 2.36. The molecule has 5 rings (SSSR count). The predicted octanol–water partition coefficient (Wildman–Crippen LogP) is 7.14. The lowest BCUT2D eigenvalue weighted by Gasteiger charge is -2.34. The Morgan fingerprint density at radius 2 is 1.46 bits per heavy atom. The molecule has 6 heteroatoms. The molecular formula is C31H29BrN2O3. The Kier molecular flexibility index (Phi) is 7.56. The van der Waals surface area contributed by atoms with E-state index in [2.05, 4.69) is 21.2 Å². The number of amides is 2. The van der Waals surface area contributed by atoms with E-state index in [1.54, 1.807) is 30.3 Å². The molecule has 4 aromatic carbocycles. The molecule has 188 valence electrons. The Labute approximate surface area is 225 Å². The summed E-state index contributed by atoms with van der Waals surface area (Å²) in [4.78, 5) is 29.7. The molecule has 1 aliphatic carbocycles. The number of phenolic OH excluding ortho intramolecular Hbond substituents is 1. The average Bonchev–Trinajstić information content (AvgIpc) is 2.92. The van der Waals surface area contributed by atoms with Gasteiger partial charge in [-0.3, -0.25) is 14.5 Å². The number of carbonyl (C=O) groups excluding carboxylic acids is 2. The maximum absolute atomic E-state index is 14.3. The van der Waals surface area contributed by atoms with Gasteiger partial charge in [-0.2, -0.15) is 0 Å². The number of nitrogens with one attached hydrogen (secondary N) is 1. The van der Waals surface area contributed by atoms with Gasteiger partial charge >= 0.3 is 0 Å². The lowest BCUT2D eigenvalue weighted by Crippen LogP contribution is -2.47. The highest BCUT2D eigenvalue weighted by atomic mass is 79.9. The summed E-state index contributed by atoms with van der Waals surface area (Å²) in [6.45, 7) is 0. The number of nitrogens with zero attached hydrogens (tertiary/aromatic N) is 1. The van der Waals surface area contributed by atoms with Crippen molar-refractivity contribution in [3.05, 3.63) is 107 Å². The van der Waals surface area contributed by atoms with Crippen molar-refractivity contribution in [3.63, 3.8) is 0 Å². The third-order valence-electron chi connectivity index (χ3n) is 7.00. The second kappa shape index (κ2) is 11.2. The zero-order valence-corrected chi connectivity index (χ0v) is 22.0. The third kappa shape index (κ3) is 5.39. The second-order valence-corrected chi connectivity index (χ2v) is 10.4. The predicted molar refractivity (Wildman–Crippen MR) is 151 cm³/mol. The van der Waals surface area contributed by atoms with Crippen LogP contribution in [0.1, 0.15) is 54.1 Å². The van der Waals surface area contributed by atoms with E-state index in [4.69, 9.17) is 0 Å². The molecule has 0 saturated heterocycles. The topological polar surface area (TPSA) is 69.6 Å². The van der Waals surface area contributed by atoms with Gasteiger partial charge in [0, 0.05) is 10.5 Å². The number of hydrogen-bond acceptors (Lipinski definition) is 3. The van der Waals surface area contributed by atoms with Crippen molar-refractivity contribution in [2.45, 2.75) is 44.2 Å². The first kappa shape index (κ1) is 25.0. The summed E-state index contributed by atoms with van der Waals surface area (Å²) in [5.41, 5.74) is 1.36. The first-order valence-electron chi connectivity index (χ1n) is 12.7. The Hall–Kier alpha value is -3.64. The highest BCUT2D eigenvalue weighted by molar-refractivity contribution is 9.10. The molecule has 2 amide bonds. The molecule has 5 nitrogen and oxygen atoms in total. The van der Waals surface area contributed by atoms with Crippen LogP contribution in [0.15, 0.2) is 95.5 Å². The minimum atomic E-state index is -0.977. The van der Waals surface area contributed by atoms with Crippen LogP contribution in [-0.2, 0) is 4.79 Å². The number of benzene rings is 4. The smallest absolute Gasteiger partial charge is 0.260 e. The quantitative estimate of drug-likeness (QED) is 0.265. The number of carbonyl (C=O) groups is 2. The molecule has 1 atom stereocenters. The SMILES string of the molecule is O=C(NC1CCCCC1)C(c1ccccc1)N(C(=O)c1ccccc1Br)c1cc2ccccc2cc1O. The third-order valence-corrected chi connectivity index (χ3v) is 7.69. The van der Waals surface area contributed by atoms with Crippen molar-refractivity contribution in [2.75, 3.05) is 4.90 Å². The van der Waals surface area contributed by atoms with Crippen LogP contribution in [0.3, 0.4) is 0 Å². The normalized spacial score (nSPS) is 14.7.